The largest absolute Gasteiger partial charge is 0.474 e. The molecule has 0 unspecified atom stereocenters. The van der Waals surface area contributed by atoms with Crippen LogP contribution in [-0.4, -0.2) is 39.3 Å². The predicted octanol–water partition coefficient (Wildman–Crippen LogP) is 2.59. The Kier molecular flexibility index (Phi) is 4.63. The van der Waals surface area contributed by atoms with Crippen LogP contribution in [0.25, 0.3) is 11.4 Å². The van der Waals surface area contributed by atoms with Crippen molar-refractivity contribution in [2.24, 2.45) is 5.10 Å². The zero-order chi connectivity index (χ0) is 20.8. The second-order valence-corrected chi connectivity index (χ2v) is 6.42. The Morgan fingerprint density at radius 2 is 1.97 bits per heavy atom. The number of carbonyl (C=O) groups is 1. The van der Waals surface area contributed by atoms with Gasteiger partial charge in [0.25, 0.3) is 5.91 Å². The summed E-state index contributed by atoms with van der Waals surface area (Å²) >= 11 is 6.03. The van der Waals surface area contributed by atoms with Crippen molar-refractivity contribution >= 4 is 36.2 Å². The normalized spacial score (nSPS) is 13.6. The van der Waals surface area contributed by atoms with Gasteiger partial charge < -0.3 is 9.55 Å². The first-order valence-corrected chi connectivity index (χ1v) is 8.49. The van der Waals surface area contributed by atoms with Gasteiger partial charge in [-0.15, -0.1) is 0 Å². The van der Waals surface area contributed by atoms with Crippen molar-refractivity contribution in [1.29, 1.82) is 0 Å². The Morgan fingerprint density at radius 3 is 2.66 bits per heavy atom. The van der Waals surface area contributed by atoms with Crippen molar-refractivity contribution in [3.63, 3.8) is 0 Å². The molecule has 146 valence electrons. The van der Waals surface area contributed by atoms with E-state index in [1.54, 1.807) is 12.1 Å². The third-order valence-electron chi connectivity index (χ3n) is 4.16. The summed E-state index contributed by atoms with van der Waals surface area (Å²) in [6.45, 7) is 0. The minimum atomic E-state index is -4.77. The van der Waals surface area contributed by atoms with Crippen LogP contribution in [0.2, 0.25) is 5.02 Å². The molecule has 7 nitrogen and oxygen atoms in total. The quantitative estimate of drug-likeness (QED) is 0.644. The average molecular weight is 421 g/mol. The highest BCUT2D eigenvalue weighted by Crippen LogP contribution is 2.29. The van der Waals surface area contributed by atoms with E-state index in [-0.39, 0.29) is 27.4 Å². The van der Waals surface area contributed by atoms with Gasteiger partial charge in [0.2, 0.25) is 5.82 Å². The Labute approximate surface area is 166 Å². The molecule has 2 aromatic carbocycles. The zero-order valence-electron chi connectivity index (χ0n) is 14.3. The second kappa shape index (κ2) is 7.01. The van der Waals surface area contributed by atoms with Crippen LogP contribution in [0, 0.1) is 0 Å². The summed E-state index contributed by atoms with van der Waals surface area (Å²) < 4.78 is 42.3. The number of hydrazone groups is 1. The second-order valence-electron chi connectivity index (χ2n) is 6.01. The lowest BCUT2D eigenvalue weighted by atomic mass is 9.69. The number of benzene rings is 2. The smallest absolute Gasteiger partial charge is 0.427 e. The molecule has 0 bridgehead atoms. The summed E-state index contributed by atoms with van der Waals surface area (Å²) in [5, 5.41) is 18.1. The molecule has 0 atom stereocenters. The molecule has 0 saturated carbocycles. The van der Waals surface area contributed by atoms with Crippen LogP contribution in [0.1, 0.15) is 21.8 Å². The van der Waals surface area contributed by atoms with E-state index in [1.165, 1.54) is 36.5 Å². The lowest BCUT2D eigenvalue weighted by molar-refractivity contribution is -0.159. The number of aromatic nitrogens is 2. The molecule has 0 fully saturated rings. The van der Waals surface area contributed by atoms with E-state index in [1.807, 2.05) is 0 Å². The van der Waals surface area contributed by atoms with Gasteiger partial charge in [0, 0.05) is 5.56 Å². The topological polar surface area (TPSA) is 91.8 Å². The third kappa shape index (κ3) is 3.50. The van der Waals surface area contributed by atoms with Crippen LogP contribution < -0.4 is 5.46 Å². The molecule has 1 N–H and O–H groups in total. The molecule has 1 aliphatic heterocycles. The monoisotopic (exact) mass is 420 g/mol. The summed E-state index contributed by atoms with van der Waals surface area (Å²) in [4.78, 5) is 16.9. The van der Waals surface area contributed by atoms with E-state index in [2.05, 4.69) is 19.8 Å². The average Bonchev–Trinajstić information content (AvgIpc) is 3.19. The van der Waals surface area contributed by atoms with Crippen LogP contribution in [0.3, 0.4) is 0 Å². The summed E-state index contributed by atoms with van der Waals surface area (Å²) in [6, 6.07) is 10.6. The number of nitrogens with zero attached hydrogens (tertiary/aromatic N) is 4. The molecule has 3 aromatic rings. The molecular formula is C17H9BClF3N4O3. The molecule has 4 rings (SSSR count). The molecule has 1 amide bonds. The van der Waals surface area contributed by atoms with Gasteiger partial charge in [-0.3, -0.25) is 4.79 Å². The van der Waals surface area contributed by atoms with Crippen molar-refractivity contribution in [2.75, 3.05) is 0 Å². The highest BCUT2D eigenvalue weighted by atomic mass is 35.5. The van der Waals surface area contributed by atoms with E-state index in [4.69, 9.17) is 11.6 Å². The first kappa shape index (κ1) is 19.2. The van der Waals surface area contributed by atoms with E-state index in [9.17, 15) is 23.0 Å². The van der Waals surface area contributed by atoms with Gasteiger partial charge in [-0.05, 0) is 23.2 Å². The summed E-state index contributed by atoms with van der Waals surface area (Å²) in [7, 11) is -1.49. The molecule has 0 aliphatic carbocycles. The maximum Gasteiger partial charge on any atom is 0.474 e. The maximum atomic E-state index is 12.7. The standard InChI is InChI=1S/C17H9BClF3N4O3/c19-13-4-2-1-3-11(13)15(27)26-18(28)12-7-9(5-6-10(12)8-23-26)14-24-16(29-25-14)17(20,21)22/h1-8,28H. The van der Waals surface area contributed by atoms with Crippen molar-refractivity contribution in [3.8, 4) is 11.4 Å². The Morgan fingerprint density at radius 1 is 1.21 bits per heavy atom. The first-order valence-electron chi connectivity index (χ1n) is 8.11. The summed E-state index contributed by atoms with van der Waals surface area (Å²) in [5.74, 6) is -2.43. The van der Waals surface area contributed by atoms with Crippen LogP contribution in [0.15, 0.2) is 52.1 Å². The van der Waals surface area contributed by atoms with Gasteiger partial charge in [-0.1, -0.05) is 47.1 Å². The minimum absolute atomic E-state index is 0.137. The number of alkyl halides is 3. The van der Waals surface area contributed by atoms with Crippen molar-refractivity contribution in [2.45, 2.75) is 6.18 Å². The molecule has 29 heavy (non-hydrogen) atoms. The molecule has 12 heteroatoms. The van der Waals surface area contributed by atoms with Crippen molar-refractivity contribution < 1.29 is 27.5 Å². The van der Waals surface area contributed by atoms with Gasteiger partial charge in [0.05, 0.1) is 16.8 Å². The predicted molar refractivity (Wildman–Crippen MR) is 97.6 cm³/mol. The van der Waals surface area contributed by atoms with Crippen molar-refractivity contribution in [1.82, 2.24) is 15.1 Å². The number of rotatable bonds is 2. The lowest BCUT2D eigenvalue weighted by Crippen LogP contribution is -2.52. The number of fused-ring (bicyclic) bond motifs is 1. The number of hydrogen-bond acceptors (Lipinski definition) is 6. The highest BCUT2D eigenvalue weighted by molar-refractivity contribution is 6.68. The Bertz CT molecular complexity index is 1140. The van der Waals surface area contributed by atoms with E-state index < -0.39 is 25.0 Å². The number of halogens is 4. The molecule has 0 spiro atoms. The Hall–Kier alpha value is -3.18. The number of carbonyl (C=O) groups excluding carboxylic acids is 1. The number of amides is 1. The highest BCUT2D eigenvalue weighted by Gasteiger charge is 2.39. The number of hydrogen-bond donors (Lipinski definition) is 1. The zero-order valence-corrected chi connectivity index (χ0v) is 15.0. The summed E-state index contributed by atoms with van der Waals surface area (Å²) in [5.41, 5.74) is 1.01. The molecule has 1 aromatic heterocycles. The lowest BCUT2D eigenvalue weighted by Gasteiger charge is -2.25. The van der Waals surface area contributed by atoms with Gasteiger partial charge in [-0.2, -0.15) is 23.3 Å². The fourth-order valence-corrected chi connectivity index (χ4v) is 2.97. The fraction of sp³-hybridized carbons (Fsp3) is 0.0588. The van der Waals surface area contributed by atoms with Gasteiger partial charge in [0.1, 0.15) is 0 Å². The fourth-order valence-electron chi connectivity index (χ4n) is 2.75. The molecule has 0 saturated heterocycles. The van der Waals surface area contributed by atoms with Gasteiger partial charge in [0.15, 0.2) is 0 Å². The van der Waals surface area contributed by atoms with Crippen LogP contribution in [0.5, 0.6) is 0 Å². The van der Waals surface area contributed by atoms with Crippen LogP contribution in [0.4, 0.5) is 13.2 Å². The van der Waals surface area contributed by atoms with Gasteiger partial charge >= 0.3 is 19.1 Å². The SMILES string of the molecule is O=C(c1ccccc1Cl)N1N=Cc2ccc(-c3noc(C(F)(F)F)n3)cc2B1O. The molecule has 2 heterocycles. The molecule has 1 aliphatic rings. The van der Waals surface area contributed by atoms with Crippen LogP contribution in [-0.2, 0) is 6.18 Å². The minimum Gasteiger partial charge on any atom is -0.427 e. The molecule has 0 radical (unpaired) electrons. The summed E-state index contributed by atoms with van der Waals surface area (Å²) in [6.07, 6.45) is -3.43. The van der Waals surface area contributed by atoms with Crippen LogP contribution >= 0.6 is 11.6 Å². The van der Waals surface area contributed by atoms with Crippen molar-refractivity contribution in [3.05, 3.63) is 64.5 Å². The maximum absolute atomic E-state index is 12.7. The van der Waals surface area contributed by atoms with Gasteiger partial charge in [-0.25, -0.2) is 4.92 Å². The van der Waals surface area contributed by atoms with E-state index in [0.29, 0.717) is 5.56 Å². The Balaban J connectivity index is 1.68. The first-order chi connectivity index (χ1) is 13.8. The van der Waals surface area contributed by atoms with E-state index >= 15 is 0 Å². The third-order valence-corrected chi connectivity index (χ3v) is 4.49. The molecular weight excluding hydrogens is 411 g/mol. The van der Waals surface area contributed by atoms with E-state index in [0.717, 1.165) is 4.92 Å².